The first kappa shape index (κ1) is 14.7. The van der Waals surface area contributed by atoms with Crippen LogP contribution < -0.4 is 4.90 Å². The van der Waals surface area contributed by atoms with Crippen LogP contribution >= 0.6 is 0 Å². The van der Waals surface area contributed by atoms with Crippen LogP contribution in [0.2, 0.25) is 0 Å². The molecule has 0 spiro atoms. The van der Waals surface area contributed by atoms with Gasteiger partial charge in [-0.3, -0.25) is 0 Å². The lowest BCUT2D eigenvalue weighted by molar-refractivity contribution is -0.0386. The van der Waals surface area contributed by atoms with Gasteiger partial charge in [-0.1, -0.05) is 12.8 Å². The van der Waals surface area contributed by atoms with Crippen molar-refractivity contribution in [2.24, 2.45) is 0 Å². The van der Waals surface area contributed by atoms with E-state index in [-0.39, 0.29) is 12.2 Å². The lowest BCUT2D eigenvalue weighted by Crippen LogP contribution is -2.29. The molecular weight excluding hydrogens is 266 g/mol. The molecule has 5 nitrogen and oxygen atoms in total. The predicted molar refractivity (Wildman–Crippen MR) is 81.5 cm³/mol. The molecule has 1 aliphatic carbocycles. The highest BCUT2D eigenvalue weighted by atomic mass is 16.5. The molecule has 21 heavy (non-hydrogen) atoms. The van der Waals surface area contributed by atoms with Crippen molar-refractivity contribution in [1.82, 2.24) is 9.97 Å². The average molecular weight is 291 g/mol. The SMILES string of the molecule is CC(C)O[C@H]1CN(c2nccc(C3CCCC3)n2)C[C@@H]1O. The maximum Gasteiger partial charge on any atom is 0.225 e. The third-order valence-corrected chi connectivity index (χ3v) is 4.40. The minimum Gasteiger partial charge on any atom is -0.388 e. The quantitative estimate of drug-likeness (QED) is 0.920. The van der Waals surface area contributed by atoms with E-state index in [4.69, 9.17) is 9.72 Å². The molecule has 0 unspecified atom stereocenters. The number of hydrogen-bond donors (Lipinski definition) is 1. The van der Waals surface area contributed by atoms with Crippen molar-refractivity contribution < 1.29 is 9.84 Å². The van der Waals surface area contributed by atoms with Crippen molar-refractivity contribution >= 4 is 5.95 Å². The number of aliphatic hydroxyl groups excluding tert-OH is 1. The third kappa shape index (κ3) is 3.35. The van der Waals surface area contributed by atoms with Gasteiger partial charge in [0.2, 0.25) is 5.95 Å². The zero-order valence-electron chi connectivity index (χ0n) is 12.9. The van der Waals surface area contributed by atoms with Gasteiger partial charge in [0.15, 0.2) is 0 Å². The van der Waals surface area contributed by atoms with E-state index in [1.54, 1.807) is 0 Å². The van der Waals surface area contributed by atoms with E-state index >= 15 is 0 Å². The smallest absolute Gasteiger partial charge is 0.225 e. The van der Waals surface area contributed by atoms with Gasteiger partial charge in [-0.05, 0) is 32.8 Å². The molecule has 0 aromatic carbocycles. The van der Waals surface area contributed by atoms with Crippen LogP contribution in [0.1, 0.15) is 51.1 Å². The van der Waals surface area contributed by atoms with E-state index in [0.29, 0.717) is 19.0 Å². The average Bonchev–Trinajstić information content (AvgIpc) is 3.09. The van der Waals surface area contributed by atoms with Crippen molar-refractivity contribution in [2.75, 3.05) is 18.0 Å². The van der Waals surface area contributed by atoms with E-state index in [9.17, 15) is 5.11 Å². The molecule has 1 saturated heterocycles. The summed E-state index contributed by atoms with van der Waals surface area (Å²) in [6.07, 6.45) is 6.42. The van der Waals surface area contributed by atoms with Crippen LogP contribution in [0.4, 0.5) is 5.95 Å². The second-order valence-corrected chi connectivity index (χ2v) is 6.46. The fourth-order valence-corrected chi connectivity index (χ4v) is 3.37. The van der Waals surface area contributed by atoms with Crippen LogP contribution in [0.15, 0.2) is 12.3 Å². The molecule has 0 amide bonds. The Hall–Kier alpha value is -1.20. The van der Waals surface area contributed by atoms with Gasteiger partial charge in [0.05, 0.1) is 12.2 Å². The Morgan fingerprint density at radius 2 is 2.05 bits per heavy atom. The minimum absolute atomic E-state index is 0.121. The molecule has 2 aliphatic rings. The minimum atomic E-state index is -0.467. The largest absolute Gasteiger partial charge is 0.388 e. The monoisotopic (exact) mass is 291 g/mol. The van der Waals surface area contributed by atoms with Gasteiger partial charge < -0.3 is 14.7 Å². The normalized spacial score (nSPS) is 27.0. The van der Waals surface area contributed by atoms with Gasteiger partial charge in [0, 0.05) is 30.9 Å². The number of aliphatic hydroxyl groups is 1. The maximum absolute atomic E-state index is 10.1. The number of ether oxygens (including phenoxy) is 1. The molecule has 116 valence electrons. The number of hydrogen-bond acceptors (Lipinski definition) is 5. The van der Waals surface area contributed by atoms with Gasteiger partial charge in [-0.15, -0.1) is 0 Å². The lowest BCUT2D eigenvalue weighted by Gasteiger charge is -2.19. The van der Waals surface area contributed by atoms with Gasteiger partial charge >= 0.3 is 0 Å². The molecular formula is C16H25N3O2. The number of aromatic nitrogens is 2. The Morgan fingerprint density at radius 3 is 2.76 bits per heavy atom. The second kappa shape index (κ2) is 6.28. The van der Waals surface area contributed by atoms with Crippen LogP contribution in [-0.2, 0) is 4.74 Å². The first-order valence-electron chi connectivity index (χ1n) is 8.05. The number of rotatable bonds is 4. The van der Waals surface area contributed by atoms with Crippen molar-refractivity contribution in [3.05, 3.63) is 18.0 Å². The topological polar surface area (TPSA) is 58.5 Å². The molecule has 3 rings (SSSR count). The molecule has 2 fully saturated rings. The van der Waals surface area contributed by atoms with E-state index < -0.39 is 6.10 Å². The van der Waals surface area contributed by atoms with Gasteiger partial charge in [-0.2, -0.15) is 0 Å². The summed E-state index contributed by atoms with van der Waals surface area (Å²) < 4.78 is 5.76. The fraction of sp³-hybridized carbons (Fsp3) is 0.750. The Labute approximate surface area is 126 Å². The Balaban J connectivity index is 1.71. The van der Waals surface area contributed by atoms with Crippen molar-refractivity contribution in [2.45, 2.75) is 63.8 Å². The highest BCUT2D eigenvalue weighted by molar-refractivity contribution is 5.34. The molecule has 1 saturated carbocycles. The van der Waals surface area contributed by atoms with E-state index in [0.717, 1.165) is 11.6 Å². The molecule has 2 atom stereocenters. The van der Waals surface area contributed by atoms with Crippen LogP contribution in [0.5, 0.6) is 0 Å². The molecule has 1 aromatic rings. The number of β-amino-alcohol motifs (C(OH)–C–C–N with tert-alkyl or cyclic N) is 1. The molecule has 0 bridgehead atoms. The van der Waals surface area contributed by atoms with Crippen molar-refractivity contribution in [3.8, 4) is 0 Å². The number of nitrogens with zero attached hydrogens (tertiary/aromatic N) is 3. The molecule has 1 aromatic heterocycles. The van der Waals surface area contributed by atoms with Crippen LogP contribution in [-0.4, -0.2) is 46.5 Å². The summed E-state index contributed by atoms with van der Waals surface area (Å²) in [6.45, 7) is 5.19. The summed E-state index contributed by atoms with van der Waals surface area (Å²) in [4.78, 5) is 11.2. The zero-order valence-corrected chi connectivity index (χ0v) is 12.9. The molecule has 5 heteroatoms. The molecule has 1 N–H and O–H groups in total. The number of anilines is 1. The van der Waals surface area contributed by atoms with Crippen LogP contribution in [0.25, 0.3) is 0 Å². The Bertz CT molecular complexity index is 474. The summed E-state index contributed by atoms with van der Waals surface area (Å²) in [7, 11) is 0. The zero-order chi connectivity index (χ0) is 14.8. The summed E-state index contributed by atoms with van der Waals surface area (Å²) in [5.74, 6) is 1.32. The van der Waals surface area contributed by atoms with Crippen molar-refractivity contribution in [3.63, 3.8) is 0 Å². The van der Waals surface area contributed by atoms with Gasteiger partial charge in [0.1, 0.15) is 6.10 Å². The summed E-state index contributed by atoms with van der Waals surface area (Å²) in [6, 6.07) is 2.04. The molecule has 1 aliphatic heterocycles. The Kier molecular flexibility index (Phi) is 4.40. The first-order valence-corrected chi connectivity index (χ1v) is 8.05. The standard InChI is InChI=1S/C16H25N3O2/c1-11(2)21-15-10-19(9-14(15)20)16-17-8-7-13(18-16)12-5-3-4-6-12/h7-8,11-12,14-15,20H,3-6,9-10H2,1-2H3/t14-,15-/m0/s1. The van der Waals surface area contributed by atoms with Gasteiger partial charge in [0.25, 0.3) is 0 Å². The first-order chi connectivity index (χ1) is 10.1. The summed E-state index contributed by atoms with van der Waals surface area (Å²) >= 11 is 0. The third-order valence-electron chi connectivity index (χ3n) is 4.40. The summed E-state index contributed by atoms with van der Waals surface area (Å²) in [5.41, 5.74) is 1.15. The lowest BCUT2D eigenvalue weighted by atomic mass is 10.0. The highest BCUT2D eigenvalue weighted by Gasteiger charge is 2.34. The summed E-state index contributed by atoms with van der Waals surface area (Å²) in [5, 5.41) is 10.1. The fourth-order valence-electron chi connectivity index (χ4n) is 3.37. The second-order valence-electron chi connectivity index (χ2n) is 6.46. The predicted octanol–water partition coefficient (Wildman–Crippen LogP) is 2.11. The van der Waals surface area contributed by atoms with E-state index in [1.807, 2.05) is 31.0 Å². The highest BCUT2D eigenvalue weighted by Crippen LogP contribution is 2.33. The van der Waals surface area contributed by atoms with E-state index in [1.165, 1.54) is 25.7 Å². The van der Waals surface area contributed by atoms with Crippen LogP contribution in [0, 0.1) is 0 Å². The molecule has 2 heterocycles. The Morgan fingerprint density at radius 1 is 1.29 bits per heavy atom. The van der Waals surface area contributed by atoms with Crippen molar-refractivity contribution in [1.29, 1.82) is 0 Å². The molecule has 0 radical (unpaired) electrons. The van der Waals surface area contributed by atoms with E-state index in [2.05, 4.69) is 4.98 Å². The van der Waals surface area contributed by atoms with Gasteiger partial charge in [-0.25, -0.2) is 9.97 Å². The van der Waals surface area contributed by atoms with Crippen LogP contribution in [0.3, 0.4) is 0 Å². The maximum atomic E-state index is 10.1.